The maximum absolute atomic E-state index is 14.4. The summed E-state index contributed by atoms with van der Waals surface area (Å²) in [6.45, 7) is 1.32. The van der Waals surface area contributed by atoms with Gasteiger partial charge in [-0.25, -0.2) is 31.8 Å². The summed E-state index contributed by atoms with van der Waals surface area (Å²) in [5.74, 6) is -0.311. The van der Waals surface area contributed by atoms with Gasteiger partial charge >= 0.3 is 0 Å². The molecule has 8 nitrogen and oxygen atoms in total. The Kier molecular flexibility index (Phi) is 5.29. The van der Waals surface area contributed by atoms with Crippen molar-refractivity contribution < 1.29 is 21.9 Å². The Bertz CT molecular complexity index is 1520. The Hall–Kier alpha value is -3.38. The second kappa shape index (κ2) is 8.38. The Balaban J connectivity index is 1.38. The number of rotatable bonds is 3. The average Bonchev–Trinajstić information content (AvgIpc) is 3.43. The van der Waals surface area contributed by atoms with E-state index in [9.17, 15) is 17.2 Å². The molecule has 0 aliphatic carbocycles. The summed E-state index contributed by atoms with van der Waals surface area (Å²) in [7, 11) is -2.98. The molecule has 0 amide bonds. The Labute approximate surface area is 203 Å². The molecule has 0 unspecified atom stereocenters. The van der Waals surface area contributed by atoms with Crippen LogP contribution in [0.25, 0.3) is 27.8 Å². The first-order chi connectivity index (χ1) is 16.9. The number of nitrogens with zero attached hydrogens (tertiary/aromatic N) is 5. The van der Waals surface area contributed by atoms with E-state index in [1.54, 1.807) is 0 Å². The minimum absolute atomic E-state index is 0.133. The Morgan fingerprint density at radius 1 is 1.06 bits per heavy atom. The molecule has 2 aromatic heterocycles. The van der Waals surface area contributed by atoms with Gasteiger partial charge in [-0.2, -0.15) is 5.10 Å². The molecular weight excluding hydrogens is 496 g/mol. The lowest BCUT2D eigenvalue weighted by atomic mass is 10.1. The molecule has 0 radical (unpaired) electrons. The fourth-order valence-electron chi connectivity index (χ4n) is 4.32. The van der Waals surface area contributed by atoms with Crippen molar-refractivity contribution in [2.24, 2.45) is 0 Å². The van der Waals surface area contributed by atoms with Gasteiger partial charge in [0.15, 0.2) is 32.3 Å². The number of halogens is 2. The Morgan fingerprint density at radius 3 is 2.60 bits per heavy atom. The maximum atomic E-state index is 14.4. The third-order valence-corrected chi connectivity index (χ3v) is 8.82. The summed E-state index contributed by atoms with van der Waals surface area (Å²) in [6, 6.07) is 9.41. The van der Waals surface area contributed by atoms with Gasteiger partial charge in [0.1, 0.15) is 17.8 Å². The number of hydrogen-bond donors (Lipinski definition) is 0. The third kappa shape index (κ3) is 3.96. The van der Waals surface area contributed by atoms with Crippen LogP contribution in [0.2, 0.25) is 0 Å². The predicted molar refractivity (Wildman–Crippen MR) is 128 cm³/mol. The van der Waals surface area contributed by atoms with Crippen LogP contribution in [0.4, 0.5) is 14.5 Å². The van der Waals surface area contributed by atoms with Crippen molar-refractivity contribution >= 4 is 26.9 Å². The number of sulfone groups is 1. The first-order valence-electron chi connectivity index (χ1n) is 11.0. The standard InChI is InChI=1S/C23H19F2N5O3S2/c24-16-2-1-3-17(25)21(16)30-22(26-13-27-30)23-28-20-15-5-4-14(29-7-10-35(31,32)11-8-29)12-18(15)33-9-6-19(20)34-23/h1-5,12-13H,6-11H2. The van der Waals surface area contributed by atoms with Crippen molar-refractivity contribution in [1.29, 1.82) is 0 Å². The van der Waals surface area contributed by atoms with Crippen LogP contribution in [-0.4, -0.2) is 59.4 Å². The topological polar surface area (TPSA) is 90.2 Å². The number of thiazole rings is 1. The SMILES string of the molecule is O=S1(=O)CCN(c2ccc3c(c2)OCCc2sc(-c4ncnn4-c4c(F)cccc4F)nc2-3)CC1. The van der Waals surface area contributed by atoms with Crippen molar-refractivity contribution in [3.63, 3.8) is 0 Å². The first-order valence-corrected chi connectivity index (χ1v) is 13.6. The van der Waals surface area contributed by atoms with Gasteiger partial charge in [0.2, 0.25) is 0 Å². The van der Waals surface area contributed by atoms with Crippen LogP contribution in [0.5, 0.6) is 5.75 Å². The monoisotopic (exact) mass is 515 g/mol. The van der Waals surface area contributed by atoms with E-state index in [-0.39, 0.29) is 23.0 Å². The highest BCUT2D eigenvalue weighted by molar-refractivity contribution is 7.91. The van der Waals surface area contributed by atoms with Crippen molar-refractivity contribution in [3.8, 4) is 33.5 Å². The minimum atomic E-state index is -2.98. The number of benzene rings is 2. The summed E-state index contributed by atoms with van der Waals surface area (Å²) < 4.78 is 59.5. The highest BCUT2D eigenvalue weighted by Gasteiger charge is 2.27. The molecule has 4 aromatic rings. The fourth-order valence-corrected chi connectivity index (χ4v) is 6.56. The quantitative estimate of drug-likeness (QED) is 0.413. The molecule has 0 spiro atoms. The molecule has 2 aromatic carbocycles. The molecule has 0 atom stereocenters. The molecule has 2 aliphatic rings. The van der Waals surface area contributed by atoms with Crippen LogP contribution in [0, 0.1) is 11.6 Å². The first kappa shape index (κ1) is 22.1. The normalized spacial score (nSPS) is 16.8. The third-order valence-electron chi connectivity index (χ3n) is 6.10. The molecule has 0 saturated carbocycles. The lowest BCUT2D eigenvalue weighted by Crippen LogP contribution is -2.40. The van der Waals surface area contributed by atoms with Gasteiger partial charge in [0, 0.05) is 41.7 Å². The van der Waals surface area contributed by atoms with E-state index in [4.69, 9.17) is 9.72 Å². The summed E-state index contributed by atoms with van der Waals surface area (Å²) in [6.07, 6.45) is 1.86. The molecule has 12 heteroatoms. The van der Waals surface area contributed by atoms with Crippen LogP contribution in [0.15, 0.2) is 42.7 Å². The highest BCUT2D eigenvalue weighted by Crippen LogP contribution is 2.42. The smallest absolute Gasteiger partial charge is 0.192 e. The van der Waals surface area contributed by atoms with Crippen molar-refractivity contribution in [1.82, 2.24) is 19.7 Å². The zero-order valence-corrected chi connectivity index (χ0v) is 20.0. The van der Waals surface area contributed by atoms with E-state index in [2.05, 4.69) is 10.1 Å². The highest BCUT2D eigenvalue weighted by atomic mass is 32.2. The lowest BCUT2D eigenvalue weighted by Gasteiger charge is -2.29. The largest absolute Gasteiger partial charge is 0.492 e. The number of ether oxygens (including phenoxy) is 1. The zero-order chi connectivity index (χ0) is 24.2. The van der Waals surface area contributed by atoms with E-state index in [1.807, 2.05) is 23.1 Å². The number of aromatic nitrogens is 4. The van der Waals surface area contributed by atoms with E-state index in [1.165, 1.54) is 35.9 Å². The zero-order valence-electron chi connectivity index (χ0n) is 18.3. The maximum Gasteiger partial charge on any atom is 0.192 e. The number of para-hydroxylation sites is 1. The molecule has 0 N–H and O–H groups in total. The molecule has 6 rings (SSSR count). The molecular formula is C23H19F2N5O3S2. The summed E-state index contributed by atoms with van der Waals surface area (Å²) >= 11 is 1.39. The van der Waals surface area contributed by atoms with Gasteiger partial charge in [-0.1, -0.05) is 6.07 Å². The number of fused-ring (bicyclic) bond motifs is 3. The molecule has 1 saturated heterocycles. The second-order valence-corrected chi connectivity index (χ2v) is 11.7. The number of hydrogen-bond acceptors (Lipinski definition) is 8. The van der Waals surface area contributed by atoms with E-state index in [0.29, 0.717) is 36.9 Å². The molecule has 35 heavy (non-hydrogen) atoms. The fraction of sp³-hybridized carbons (Fsp3) is 0.261. The van der Waals surface area contributed by atoms with E-state index in [0.717, 1.165) is 26.5 Å². The predicted octanol–water partition coefficient (Wildman–Crippen LogP) is 3.51. The summed E-state index contributed by atoms with van der Waals surface area (Å²) in [4.78, 5) is 12.0. The molecule has 2 aliphatic heterocycles. The van der Waals surface area contributed by atoms with Crippen molar-refractivity contribution in [3.05, 3.63) is 59.2 Å². The van der Waals surface area contributed by atoms with Gasteiger partial charge in [0.25, 0.3) is 0 Å². The van der Waals surface area contributed by atoms with Crippen LogP contribution in [0.1, 0.15) is 4.88 Å². The van der Waals surface area contributed by atoms with Crippen molar-refractivity contribution in [2.45, 2.75) is 6.42 Å². The Morgan fingerprint density at radius 2 is 1.83 bits per heavy atom. The van der Waals surface area contributed by atoms with Crippen LogP contribution in [0.3, 0.4) is 0 Å². The van der Waals surface area contributed by atoms with E-state index < -0.39 is 21.5 Å². The molecule has 0 bridgehead atoms. The summed E-state index contributed by atoms with van der Waals surface area (Å²) in [5.41, 5.74) is 2.12. The molecule has 1 fully saturated rings. The average molecular weight is 516 g/mol. The van der Waals surface area contributed by atoms with Gasteiger partial charge in [0.05, 0.1) is 23.8 Å². The van der Waals surface area contributed by atoms with Gasteiger partial charge in [-0.15, -0.1) is 11.3 Å². The molecule has 4 heterocycles. The number of anilines is 1. The van der Waals surface area contributed by atoms with Gasteiger partial charge in [-0.3, -0.25) is 0 Å². The van der Waals surface area contributed by atoms with Crippen molar-refractivity contribution in [2.75, 3.05) is 36.1 Å². The van der Waals surface area contributed by atoms with Crippen LogP contribution < -0.4 is 9.64 Å². The lowest BCUT2D eigenvalue weighted by molar-refractivity contribution is 0.327. The van der Waals surface area contributed by atoms with Crippen LogP contribution >= 0.6 is 11.3 Å². The minimum Gasteiger partial charge on any atom is -0.492 e. The van der Waals surface area contributed by atoms with Gasteiger partial charge < -0.3 is 9.64 Å². The summed E-state index contributed by atoms with van der Waals surface area (Å²) in [5, 5.41) is 4.54. The second-order valence-electron chi connectivity index (χ2n) is 8.27. The van der Waals surface area contributed by atoms with E-state index >= 15 is 0 Å². The van der Waals surface area contributed by atoms with Gasteiger partial charge in [-0.05, 0) is 24.3 Å². The molecule has 180 valence electrons. The van der Waals surface area contributed by atoms with Crippen LogP contribution in [-0.2, 0) is 16.3 Å².